The molecule has 96 valence electrons. The number of aromatic amines is 1. The van der Waals surface area contributed by atoms with Crippen LogP contribution in [0.15, 0.2) is 6.33 Å². The lowest BCUT2D eigenvalue weighted by Crippen LogP contribution is -2.17. The third-order valence-electron chi connectivity index (χ3n) is 3.36. The molecule has 0 spiro atoms. The summed E-state index contributed by atoms with van der Waals surface area (Å²) in [5.74, 6) is 1.03. The van der Waals surface area contributed by atoms with E-state index in [0.717, 1.165) is 16.6 Å². The van der Waals surface area contributed by atoms with Gasteiger partial charge in [-0.15, -0.1) is 0 Å². The van der Waals surface area contributed by atoms with E-state index < -0.39 is 0 Å². The molecule has 2 heterocycles. The number of thioether (sulfide) groups is 1. The Balaban J connectivity index is 1.84. The lowest BCUT2D eigenvalue weighted by molar-refractivity contribution is 0.753. The highest BCUT2D eigenvalue weighted by molar-refractivity contribution is 7.99. The van der Waals surface area contributed by atoms with Gasteiger partial charge in [0.1, 0.15) is 5.52 Å². The Morgan fingerprint density at radius 3 is 3.11 bits per heavy atom. The molecule has 1 aliphatic carbocycles. The summed E-state index contributed by atoms with van der Waals surface area (Å²) in [5, 5.41) is 4.21. The topological polar surface area (TPSA) is 92.5 Å². The molecular formula is C11H16N6S. The smallest absolute Gasteiger partial charge is 0.224 e. The minimum atomic E-state index is 0.261. The van der Waals surface area contributed by atoms with Gasteiger partial charge >= 0.3 is 0 Å². The Morgan fingerprint density at radius 2 is 2.33 bits per heavy atom. The minimum absolute atomic E-state index is 0.261. The second-order valence-corrected chi connectivity index (χ2v) is 5.68. The molecule has 1 aliphatic rings. The fourth-order valence-electron chi connectivity index (χ4n) is 2.43. The third kappa shape index (κ3) is 2.10. The normalized spacial score (nSPS) is 23.6. The van der Waals surface area contributed by atoms with Crippen molar-refractivity contribution in [2.24, 2.45) is 0 Å². The van der Waals surface area contributed by atoms with Crippen LogP contribution >= 0.6 is 11.8 Å². The Morgan fingerprint density at radius 1 is 1.44 bits per heavy atom. The zero-order chi connectivity index (χ0) is 12.5. The average molecular weight is 264 g/mol. The van der Waals surface area contributed by atoms with Crippen LogP contribution in [0.1, 0.15) is 19.3 Å². The number of rotatable bonds is 3. The summed E-state index contributed by atoms with van der Waals surface area (Å²) < 4.78 is 0. The Labute approximate surface area is 109 Å². The van der Waals surface area contributed by atoms with Crippen molar-refractivity contribution in [3.8, 4) is 0 Å². The number of hydrogen-bond acceptors (Lipinski definition) is 6. The van der Waals surface area contributed by atoms with Gasteiger partial charge in [-0.3, -0.25) is 0 Å². The van der Waals surface area contributed by atoms with Crippen LogP contribution in [0.4, 0.5) is 11.8 Å². The number of anilines is 2. The number of nitrogens with zero attached hydrogens (tertiary/aromatic N) is 3. The van der Waals surface area contributed by atoms with Crippen molar-refractivity contribution in [3.63, 3.8) is 0 Å². The zero-order valence-electron chi connectivity index (χ0n) is 10.2. The zero-order valence-corrected chi connectivity index (χ0v) is 11.0. The first-order chi connectivity index (χ1) is 8.76. The van der Waals surface area contributed by atoms with E-state index in [2.05, 4.69) is 31.5 Å². The fraction of sp³-hybridized carbons (Fsp3) is 0.545. The Kier molecular flexibility index (Phi) is 2.99. The maximum absolute atomic E-state index is 5.69. The highest BCUT2D eigenvalue weighted by atomic mass is 32.2. The summed E-state index contributed by atoms with van der Waals surface area (Å²) in [6.45, 7) is 0. The van der Waals surface area contributed by atoms with Crippen LogP contribution in [0.3, 0.4) is 0 Å². The van der Waals surface area contributed by atoms with Gasteiger partial charge in [-0.05, 0) is 25.5 Å². The highest BCUT2D eigenvalue weighted by Gasteiger charge is 2.24. The molecular weight excluding hydrogens is 248 g/mol. The summed E-state index contributed by atoms with van der Waals surface area (Å²) in [4.78, 5) is 15.5. The number of aromatic nitrogens is 4. The Hall–Kier alpha value is -1.50. The second-order valence-electron chi connectivity index (χ2n) is 4.54. The molecule has 2 aromatic rings. The number of nitrogen functional groups attached to an aromatic ring is 1. The van der Waals surface area contributed by atoms with E-state index in [4.69, 9.17) is 5.73 Å². The number of imidazole rings is 1. The van der Waals surface area contributed by atoms with Crippen LogP contribution in [0.5, 0.6) is 0 Å². The van der Waals surface area contributed by atoms with Crippen LogP contribution in [0, 0.1) is 0 Å². The van der Waals surface area contributed by atoms with Gasteiger partial charge in [0, 0.05) is 11.3 Å². The van der Waals surface area contributed by atoms with Gasteiger partial charge in [0.05, 0.1) is 6.33 Å². The van der Waals surface area contributed by atoms with Gasteiger partial charge in [-0.1, -0.05) is 0 Å². The summed E-state index contributed by atoms with van der Waals surface area (Å²) in [6, 6.07) is 0.461. The van der Waals surface area contributed by atoms with Crippen LogP contribution in [-0.4, -0.2) is 37.5 Å². The molecule has 0 aliphatic heterocycles. The van der Waals surface area contributed by atoms with Gasteiger partial charge in [-0.2, -0.15) is 21.7 Å². The van der Waals surface area contributed by atoms with Crippen molar-refractivity contribution in [2.45, 2.75) is 30.6 Å². The first kappa shape index (κ1) is 11.6. The molecule has 3 rings (SSSR count). The quantitative estimate of drug-likeness (QED) is 0.780. The lowest BCUT2D eigenvalue weighted by Gasteiger charge is -2.13. The number of nitrogens with one attached hydrogen (secondary N) is 2. The van der Waals surface area contributed by atoms with Crippen LogP contribution in [-0.2, 0) is 0 Å². The van der Waals surface area contributed by atoms with E-state index in [0.29, 0.717) is 11.7 Å². The molecule has 2 aromatic heterocycles. The molecule has 1 saturated carbocycles. The molecule has 1 fully saturated rings. The largest absolute Gasteiger partial charge is 0.368 e. The fourth-order valence-corrected chi connectivity index (χ4v) is 3.23. The number of nitrogens with two attached hydrogens (primary N) is 1. The molecule has 18 heavy (non-hydrogen) atoms. The molecule has 2 atom stereocenters. The van der Waals surface area contributed by atoms with E-state index in [-0.39, 0.29) is 5.95 Å². The third-order valence-corrected chi connectivity index (χ3v) is 4.46. The van der Waals surface area contributed by atoms with E-state index >= 15 is 0 Å². The second kappa shape index (κ2) is 4.64. The summed E-state index contributed by atoms with van der Waals surface area (Å²) in [7, 11) is 0. The first-order valence-corrected chi connectivity index (χ1v) is 7.31. The van der Waals surface area contributed by atoms with Gasteiger partial charge in [0.2, 0.25) is 5.95 Å². The maximum atomic E-state index is 5.69. The standard InChI is InChI=1S/C11H16N6S/c1-18-7-3-2-6(4-7)15-10-8-9(14-5-13-8)16-11(12)17-10/h5-7H,2-4H2,1H3,(H4,12,13,14,15,16,17). The van der Waals surface area contributed by atoms with E-state index in [9.17, 15) is 0 Å². The summed E-state index contributed by atoms with van der Waals surface area (Å²) in [5.41, 5.74) is 7.14. The van der Waals surface area contributed by atoms with E-state index in [1.165, 1.54) is 19.3 Å². The minimum Gasteiger partial charge on any atom is -0.368 e. The molecule has 4 N–H and O–H groups in total. The molecule has 0 aromatic carbocycles. The highest BCUT2D eigenvalue weighted by Crippen LogP contribution is 2.31. The van der Waals surface area contributed by atoms with Crippen molar-refractivity contribution in [3.05, 3.63) is 6.33 Å². The average Bonchev–Trinajstić information content (AvgIpc) is 2.97. The monoisotopic (exact) mass is 264 g/mol. The predicted octanol–water partition coefficient (Wildman–Crippen LogP) is 1.63. The van der Waals surface area contributed by atoms with Crippen molar-refractivity contribution in [1.29, 1.82) is 0 Å². The molecule has 2 unspecified atom stereocenters. The molecule has 0 bridgehead atoms. The lowest BCUT2D eigenvalue weighted by atomic mass is 10.2. The van der Waals surface area contributed by atoms with Crippen molar-refractivity contribution >= 4 is 34.7 Å². The molecule has 0 radical (unpaired) electrons. The molecule has 0 saturated heterocycles. The summed E-state index contributed by atoms with van der Waals surface area (Å²) in [6.07, 6.45) is 7.38. The molecule has 6 nitrogen and oxygen atoms in total. The Bertz CT molecular complexity index is 553. The van der Waals surface area contributed by atoms with Gasteiger partial charge in [-0.25, -0.2) is 4.98 Å². The number of H-pyrrole nitrogens is 1. The number of fused-ring (bicyclic) bond motifs is 1. The van der Waals surface area contributed by atoms with Gasteiger partial charge < -0.3 is 16.0 Å². The first-order valence-electron chi connectivity index (χ1n) is 6.02. The molecule has 7 heteroatoms. The van der Waals surface area contributed by atoms with Crippen LogP contribution < -0.4 is 11.1 Å². The van der Waals surface area contributed by atoms with E-state index in [1.807, 2.05) is 11.8 Å². The van der Waals surface area contributed by atoms with Crippen LogP contribution in [0.25, 0.3) is 11.2 Å². The van der Waals surface area contributed by atoms with Crippen LogP contribution in [0.2, 0.25) is 0 Å². The van der Waals surface area contributed by atoms with Gasteiger partial charge in [0.15, 0.2) is 11.5 Å². The maximum Gasteiger partial charge on any atom is 0.224 e. The van der Waals surface area contributed by atoms with Gasteiger partial charge in [0.25, 0.3) is 0 Å². The van der Waals surface area contributed by atoms with Crippen molar-refractivity contribution in [2.75, 3.05) is 17.3 Å². The number of hydrogen-bond donors (Lipinski definition) is 3. The van der Waals surface area contributed by atoms with Crippen molar-refractivity contribution < 1.29 is 0 Å². The summed E-state index contributed by atoms with van der Waals surface area (Å²) >= 11 is 1.94. The SMILES string of the molecule is CSC1CCC(Nc2nc(N)nc3nc[nH]c23)C1. The van der Waals surface area contributed by atoms with Crippen molar-refractivity contribution in [1.82, 2.24) is 19.9 Å². The van der Waals surface area contributed by atoms with E-state index in [1.54, 1.807) is 6.33 Å². The molecule has 0 amide bonds. The predicted molar refractivity (Wildman–Crippen MR) is 74.7 cm³/mol.